The smallest absolute Gasteiger partial charge is 0.0719 e. The molecule has 45 heavy (non-hydrogen) atoms. The molecule has 0 amide bonds. The molecule has 0 spiro atoms. The lowest BCUT2D eigenvalue weighted by molar-refractivity contribution is 0.273. The Balaban J connectivity index is 1.65. The highest BCUT2D eigenvalue weighted by Crippen LogP contribution is 2.57. The van der Waals surface area contributed by atoms with E-state index in [1.165, 1.54) is 49.4 Å². The number of hydrogen-bond acceptors (Lipinski definition) is 1. The molecule has 0 bridgehead atoms. The van der Waals surface area contributed by atoms with E-state index in [4.69, 9.17) is 6.58 Å². The Kier molecular flexibility index (Phi) is 7.57. The summed E-state index contributed by atoms with van der Waals surface area (Å²) in [7, 11) is 0. The van der Waals surface area contributed by atoms with Gasteiger partial charge in [-0.25, -0.2) is 0 Å². The van der Waals surface area contributed by atoms with Crippen LogP contribution in [0.5, 0.6) is 0 Å². The van der Waals surface area contributed by atoms with Crippen LogP contribution in [-0.2, 0) is 5.41 Å². The lowest BCUT2D eigenvalue weighted by Crippen LogP contribution is -2.37. The summed E-state index contributed by atoms with van der Waals surface area (Å²) in [5.74, 6) is 0.0321. The summed E-state index contributed by atoms with van der Waals surface area (Å²) in [6, 6.07) is 46.1. The molecule has 5 aromatic carbocycles. The Bertz CT molecular complexity index is 2050. The summed E-state index contributed by atoms with van der Waals surface area (Å²) in [6.07, 6.45) is 7.72. The van der Waals surface area contributed by atoms with Gasteiger partial charge in [0.15, 0.2) is 0 Å². The molecule has 2 aliphatic carbocycles. The number of hydrogen-bond donors (Lipinski definition) is 1. The average molecular weight is 583 g/mol. The van der Waals surface area contributed by atoms with Crippen molar-refractivity contribution < 1.29 is 5.11 Å². The number of allylic oxidation sites excluding steroid dienone is 5. The van der Waals surface area contributed by atoms with Gasteiger partial charge in [-0.15, -0.1) is 0 Å². The van der Waals surface area contributed by atoms with Gasteiger partial charge in [-0.2, -0.15) is 0 Å². The maximum absolute atomic E-state index is 10.1. The second-order valence-corrected chi connectivity index (χ2v) is 12.3. The third-order valence-electron chi connectivity index (χ3n) is 9.65. The topological polar surface area (TPSA) is 20.2 Å². The number of rotatable bonds is 5. The molecule has 0 aliphatic heterocycles. The van der Waals surface area contributed by atoms with Gasteiger partial charge in [0, 0.05) is 12.5 Å². The highest BCUT2D eigenvalue weighted by molar-refractivity contribution is 6.11. The minimum atomic E-state index is -0.594. The molecular weight excluding hydrogens is 544 g/mol. The molecular formula is C44H38O. The van der Waals surface area contributed by atoms with Crippen molar-refractivity contribution in [1.29, 1.82) is 0 Å². The fourth-order valence-corrected chi connectivity index (χ4v) is 7.40. The van der Waals surface area contributed by atoms with E-state index in [2.05, 4.69) is 159 Å². The van der Waals surface area contributed by atoms with Crippen LogP contribution in [0.1, 0.15) is 54.0 Å². The molecule has 220 valence electrons. The molecule has 1 nitrogen and oxygen atoms in total. The zero-order valence-corrected chi connectivity index (χ0v) is 26.0. The molecule has 7 rings (SSSR count). The first-order chi connectivity index (χ1) is 22.0. The highest BCUT2D eigenvalue weighted by Gasteiger charge is 2.48. The van der Waals surface area contributed by atoms with Crippen molar-refractivity contribution in [1.82, 2.24) is 0 Å². The summed E-state index contributed by atoms with van der Waals surface area (Å²) in [5.41, 5.74) is 12.6. The van der Waals surface area contributed by atoms with E-state index in [-0.39, 0.29) is 12.5 Å². The van der Waals surface area contributed by atoms with Gasteiger partial charge in [0.1, 0.15) is 0 Å². The third-order valence-corrected chi connectivity index (χ3v) is 9.65. The standard InChI is InChI=1S/C44H38O/c1-30-22-24-33(25-23-30)39-19-12-13-21-41(39)43-32(3)38-27-26-34(40-20-11-10-18-37(40)31(2)29-45)28-42(38)44(43,35-14-6-4-7-15-35)36-16-8-5-9-17-36/h4-24,26-28,31,45H,3,25,29H2,1-2H3/b39-33-,43-41+/t31-/m1/s1. The Morgan fingerprint density at radius 2 is 1.33 bits per heavy atom. The van der Waals surface area contributed by atoms with Crippen molar-refractivity contribution in [3.8, 4) is 11.1 Å². The Morgan fingerprint density at radius 3 is 1.98 bits per heavy atom. The van der Waals surface area contributed by atoms with Crippen LogP contribution < -0.4 is 10.4 Å². The SMILES string of the molecule is C=C1/C(=c2/cccc/c2=C2\C=CC(C)=CC2)C(c2ccccc2)(c2ccccc2)c2cc(-c3ccccc3[C@H](C)CO)ccc21. The Hall–Kier alpha value is -4.98. The largest absolute Gasteiger partial charge is 0.396 e. The molecule has 1 heteroatoms. The molecule has 0 aromatic heterocycles. The average Bonchev–Trinajstić information content (AvgIpc) is 3.37. The van der Waals surface area contributed by atoms with Gasteiger partial charge in [0.2, 0.25) is 0 Å². The van der Waals surface area contributed by atoms with Crippen molar-refractivity contribution in [2.45, 2.75) is 31.6 Å². The monoisotopic (exact) mass is 582 g/mol. The summed E-state index contributed by atoms with van der Waals surface area (Å²) in [5, 5.41) is 12.6. The van der Waals surface area contributed by atoms with Crippen LogP contribution in [0.2, 0.25) is 0 Å². The number of aliphatic hydroxyl groups excluding tert-OH is 1. The zero-order chi connectivity index (χ0) is 31.0. The van der Waals surface area contributed by atoms with E-state index in [0.717, 1.165) is 28.7 Å². The van der Waals surface area contributed by atoms with Crippen LogP contribution in [0, 0.1) is 0 Å². The second-order valence-electron chi connectivity index (χ2n) is 12.3. The molecule has 0 fully saturated rings. The van der Waals surface area contributed by atoms with Gasteiger partial charge in [-0.1, -0.05) is 159 Å². The number of benzene rings is 5. The van der Waals surface area contributed by atoms with Crippen molar-refractivity contribution in [2.24, 2.45) is 0 Å². The van der Waals surface area contributed by atoms with Gasteiger partial charge < -0.3 is 5.11 Å². The molecule has 0 radical (unpaired) electrons. The quantitative estimate of drug-likeness (QED) is 0.220. The van der Waals surface area contributed by atoms with Crippen LogP contribution >= 0.6 is 0 Å². The molecule has 0 saturated heterocycles. The third kappa shape index (κ3) is 4.76. The summed E-state index contributed by atoms with van der Waals surface area (Å²) >= 11 is 0. The summed E-state index contributed by atoms with van der Waals surface area (Å²) in [4.78, 5) is 0. The minimum absolute atomic E-state index is 0.0321. The van der Waals surface area contributed by atoms with Crippen molar-refractivity contribution in [2.75, 3.05) is 6.61 Å². The highest BCUT2D eigenvalue weighted by atomic mass is 16.3. The Labute approximate surface area is 266 Å². The summed E-state index contributed by atoms with van der Waals surface area (Å²) in [6.45, 7) is 9.20. The van der Waals surface area contributed by atoms with E-state index in [0.29, 0.717) is 0 Å². The van der Waals surface area contributed by atoms with Gasteiger partial charge >= 0.3 is 0 Å². The van der Waals surface area contributed by atoms with Crippen LogP contribution in [-0.4, -0.2) is 11.7 Å². The summed E-state index contributed by atoms with van der Waals surface area (Å²) < 4.78 is 0. The van der Waals surface area contributed by atoms with E-state index in [1.807, 2.05) is 0 Å². The Morgan fingerprint density at radius 1 is 0.711 bits per heavy atom. The van der Waals surface area contributed by atoms with Crippen LogP contribution in [0.3, 0.4) is 0 Å². The maximum atomic E-state index is 10.1. The van der Waals surface area contributed by atoms with Crippen LogP contribution in [0.4, 0.5) is 0 Å². The van der Waals surface area contributed by atoms with Gasteiger partial charge in [0.05, 0.1) is 5.41 Å². The zero-order valence-electron chi connectivity index (χ0n) is 26.0. The van der Waals surface area contributed by atoms with Crippen molar-refractivity contribution in [3.63, 3.8) is 0 Å². The first kappa shape index (κ1) is 28.8. The van der Waals surface area contributed by atoms with E-state index in [9.17, 15) is 5.11 Å². The minimum Gasteiger partial charge on any atom is -0.396 e. The molecule has 2 aliphatic rings. The van der Waals surface area contributed by atoms with Gasteiger partial charge in [-0.3, -0.25) is 0 Å². The molecule has 0 heterocycles. The van der Waals surface area contributed by atoms with Gasteiger partial charge in [-0.05, 0) is 85.5 Å². The predicted octanol–water partition coefficient (Wildman–Crippen LogP) is 8.72. The van der Waals surface area contributed by atoms with Crippen LogP contribution in [0.25, 0.3) is 27.8 Å². The first-order valence-corrected chi connectivity index (χ1v) is 15.9. The fourth-order valence-electron chi connectivity index (χ4n) is 7.40. The molecule has 1 N–H and O–H groups in total. The molecule has 5 aromatic rings. The number of fused-ring (bicyclic) bond motifs is 1. The fraction of sp³-hybridized carbons (Fsp3) is 0.136. The van der Waals surface area contributed by atoms with E-state index >= 15 is 0 Å². The lowest BCUT2D eigenvalue weighted by Gasteiger charge is -2.34. The van der Waals surface area contributed by atoms with Crippen LogP contribution in [0.15, 0.2) is 158 Å². The normalized spacial score (nSPS) is 18.4. The number of aliphatic hydroxyl groups is 1. The molecule has 0 saturated carbocycles. The van der Waals surface area contributed by atoms with Gasteiger partial charge in [0.25, 0.3) is 0 Å². The second kappa shape index (κ2) is 11.8. The van der Waals surface area contributed by atoms with E-state index < -0.39 is 5.41 Å². The predicted molar refractivity (Wildman–Crippen MR) is 189 cm³/mol. The van der Waals surface area contributed by atoms with Crippen molar-refractivity contribution in [3.05, 3.63) is 196 Å². The van der Waals surface area contributed by atoms with Crippen molar-refractivity contribution >= 4 is 16.7 Å². The lowest BCUT2D eigenvalue weighted by atomic mass is 9.66. The first-order valence-electron chi connectivity index (χ1n) is 15.9. The van der Waals surface area contributed by atoms with E-state index in [1.54, 1.807) is 0 Å². The molecule has 1 atom stereocenters. The maximum Gasteiger partial charge on any atom is 0.0719 e. The molecule has 0 unspecified atom stereocenters.